The van der Waals surface area contributed by atoms with Crippen LogP contribution in [0.3, 0.4) is 0 Å². The van der Waals surface area contributed by atoms with Crippen molar-refractivity contribution in [3.05, 3.63) is 105 Å². The smallest absolute Gasteiger partial charge is 0.280 e. The van der Waals surface area contributed by atoms with Crippen LogP contribution in [0.4, 0.5) is 5.13 Å². The zero-order valence-electron chi connectivity index (χ0n) is 17.1. The zero-order chi connectivity index (χ0) is 22.6. The number of hydrogen-bond acceptors (Lipinski definition) is 6. The van der Waals surface area contributed by atoms with Crippen molar-refractivity contribution in [2.45, 2.75) is 0 Å². The van der Waals surface area contributed by atoms with Crippen LogP contribution in [0.2, 0.25) is 0 Å². The Bertz CT molecular complexity index is 1430. The predicted molar refractivity (Wildman–Crippen MR) is 139 cm³/mol. The van der Waals surface area contributed by atoms with Gasteiger partial charge in [-0.25, -0.2) is 4.98 Å². The van der Waals surface area contributed by atoms with Gasteiger partial charge in [0.15, 0.2) is 0 Å². The third kappa shape index (κ3) is 5.03. The lowest BCUT2D eigenvalue weighted by atomic mass is 10.2. The molecule has 0 saturated heterocycles. The van der Waals surface area contributed by atoms with Gasteiger partial charge in [0.2, 0.25) is 5.13 Å². The largest absolute Gasteiger partial charge is 0.457 e. The van der Waals surface area contributed by atoms with E-state index in [1.54, 1.807) is 35.8 Å². The van der Waals surface area contributed by atoms with Crippen LogP contribution in [0.15, 0.2) is 99.9 Å². The van der Waals surface area contributed by atoms with Crippen molar-refractivity contribution in [2.24, 2.45) is 5.10 Å². The first-order valence-electron chi connectivity index (χ1n) is 9.97. The fraction of sp³-hybridized carbons (Fsp3) is 0. The molecular formula is C25H16BrN3O2S2. The number of nitrogens with zero attached hydrogens (tertiary/aromatic N) is 3. The Kier molecular flexibility index (Phi) is 6.30. The number of thiophene rings is 1. The number of thiazole rings is 1. The van der Waals surface area contributed by atoms with E-state index < -0.39 is 0 Å². The van der Waals surface area contributed by atoms with Gasteiger partial charge in [0.1, 0.15) is 11.5 Å². The molecular weight excluding hydrogens is 518 g/mol. The number of halogens is 1. The Morgan fingerprint density at radius 2 is 1.82 bits per heavy atom. The van der Waals surface area contributed by atoms with Crippen molar-refractivity contribution < 1.29 is 9.53 Å². The maximum absolute atomic E-state index is 13.6. The van der Waals surface area contributed by atoms with Crippen molar-refractivity contribution in [1.82, 2.24) is 4.98 Å². The fourth-order valence-corrected chi connectivity index (χ4v) is 5.14. The third-order valence-electron chi connectivity index (χ3n) is 4.62. The lowest BCUT2D eigenvalue weighted by molar-refractivity contribution is 0.0987. The predicted octanol–water partition coefficient (Wildman–Crippen LogP) is 7.59. The number of carbonyl (C=O) groups is 1. The highest BCUT2D eigenvalue weighted by Crippen LogP contribution is 2.32. The van der Waals surface area contributed by atoms with E-state index in [1.807, 2.05) is 72.1 Å². The number of aromatic nitrogens is 1. The van der Waals surface area contributed by atoms with Crippen LogP contribution in [0.1, 0.15) is 15.2 Å². The Morgan fingerprint density at radius 3 is 2.64 bits per heavy atom. The third-order valence-corrected chi connectivity index (χ3v) is 6.91. The molecule has 0 aliphatic carbocycles. The molecule has 0 fully saturated rings. The lowest BCUT2D eigenvalue weighted by Crippen LogP contribution is -2.25. The summed E-state index contributed by atoms with van der Waals surface area (Å²) in [5.41, 5.74) is 1.26. The Labute approximate surface area is 206 Å². The highest BCUT2D eigenvalue weighted by molar-refractivity contribution is 9.10. The van der Waals surface area contributed by atoms with Crippen molar-refractivity contribution >= 4 is 66.1 Å². The van der Waals surface area contributed by atoms with E-state index in [4.69, 9.17) is 4.74 Å². The lowest BCUT2D eigenvalue weighted by Gasteiger charge is -2.14. The first kappa shape index (κ1) is 21.5. The molecule has 0 unspecified atom stereocenters. The molecule has 33 heavy (non-hydrogen) atoms. The van der Waals surface area contributed by atoms with Crippen LogP contribution < -0.4 is 9.75 Å². The fourth-order valence-electron chi connectivity index (χ4n) is 3.08. The second-order valence-corrected chi connectivity index (χ2v) is 9.83. The Balaban J connectivity index is 1.50. The minimum absolute atomic E-state index is 0.292. The number of amides is 1. The Hall–Kier alpha value is -3.33. The minimum atomic E-state index is -0.292. The van der Waals surface area contributed by atoms with Crippen molar-refractivity contribution in [1.29, 1.82) is 0 Å². The highest BCUT2D eigenvalue weighted by atomic mass is 79.9. The second-order valence-electron chi connectivity index (χ2n) is 6.93. The summed E-state index contributed by atoms with van der Waals surface area (Å²) in [4.78, 5) is 19.2. The van der Waals surface area contributed by atoms with Crippen LogP contribution in [-0.2, 0) is 0 Å². The number of fused-ring (bicyclic) bond motifs is 1. The number of anilines is 1. The maximum atomic E-state index is 13.6. The molecule has 0 aliphatic rings. The average molecular weight is 534 g/mol. The van der Waals surface area contributed by atoms with Gasteiger partial charge in [-0.15, -0.1) is 11.3 Å². The zero-order valence-corrected chi connectivity index (χ0v) is 20.3. The van der Waals surface area contributed by atoms with Crippen LogP contribution in [0.25, 0.3) is 10.2 Å². The molecule has 162 valence electrons. The van der Waals surface area contributed by atoms with Gasteiger partial charge >= 0.3 is 0 Å². The molecule has 0 radical (unpaired) electrons. The molecule has 0 bridgehead atoms. The van der Waals surface area contributed by atoms with Gasteiger partial charge in [0, 0.05) is 14.9 Å². The van der Waals surface area contributed by atoms with E-state index >= 15 is 0 Å². The van der Waals surface area contributed by atoms with Gasteiger partial charge in [-0.2, -0.15) is 10.1 Å². The second kappa shape index (κ2) is 9.66. The molecule has 0 saturated carbocycles. The molecule has 2 heterocycles. The summed E-state index contributed by atoms with van der Waals surface area (Å²) in [6.07, 6.45) is 1.68. The molecule has 5 rings (SSSR count). The first-order valence-corrected chi connectivity index (χ1v) is 12.5. The molecule has 3 aromatic carbocycles. The number of rotatable bonds is 6. The van der Waals surface area contributed by atoms with E-state index in [-0.39, 0.29) is 5.91 Å². The summed E-state index contributed by atoms with van der Waals surface area (Å²) >= 11 is 6.45. The topological polar surface area (TPSA) is 54.8 Å². The Morgan fingerprint density at radius 1 is 0.970 bits per heavy atom. The van der Waals surface area contributed by atoms with Gasteiger partial charge in [-0.1, -0.05) is 57.6 Å². The molecule has 0 aliphatic heterocycles. The van der Waals surface area contributed by atoms with Gasteiger partial charge in [-0.05, 0) is 60.0 Å². The molecule has 0 spiro atoms. The molecule has 2 aromatic heterocycles. The highest BCUT2D eigenvalue weighted by Gasteiger charge is 2.22. The van der Waals surface area contributed by atoms with Gasteiger partial charge in [0.05, 0.1) is 16.4 Å². The summed E-state index contributed by atoms with van der Waals surface area (Å²) in [6, 6.07) is 26.2. The van der Waals surface area contributed by atoms with Crippen LogP contribution in [0.5, 0.6) is 11.5 Å². The standard InChI is InChI=1S/C25H16BrN3O2S2/c26-18-11-12-22-23(15-18)33-25(28-22)29(27-16-21-10-5-13-32-21)24(30)17-6-4-9-20(14-17)31-19-7-2-1-3-8-19/h1-16H/b27-16+. The molecule has 5 aromatic rings. The van der Waals surface area contributed by atoms with Crippen molar-refractivity contribution in [2.75, 3.05) is 5.01 Å². The van der Waals surface area contributed by atoms with E-state index in [9.17, 15) is 4.79 Å². The van der Waals surface area contributed by atoms with E-state index in [0.29, 0.717) is 22.2 Å². The number of para-hydroxylation sites is 1. The quantitative estimate of drug-likeness (QED) is 0.167. The monoisotopic (exact) mass is 533 g/mol. The molecule has 8 heteroatoms. The number of carbonyl (C=O) groups excluding carboxylic acids is 1. The summed E-state index contributed by atoms with van der Waals surface area (Å²) in [5, 5.41) is 8.32. The van der Waals surface area contributed by atoms with E-state index in [2.05, 4.69) is 26.0 Å². The van der Waals surface area contributed by atoms with Crippen molar-refractivity contribution in [3.8, 4) is 11.5 Å². The van der Waals surface area contributed by atoms with E-state index in [0.717, 1.165) is 19.6 Å². The summed E-state index contributed by atoms with van der Waals surface area (Å²) in [5.74, 6) is 0.980. The number of benzene rings is 3. The SMILES string of the molecule is O=C(c1cccc(Oc2ccccc2)c1)N(/N=C/c1cccs1)c1nc2ccc(Br)cc2s1. The van der Waals surface area contributed by atoms with E-state index in [1.165, 1.54) is 16.3 Å². The van der Waals surface area contributed by atoms with Gasteiger partial charge in [0.25, 0.3) is 5.91 Å². The normalized spacial score (nSPS) is 11.2. The number of hydrazone groups is 1. The summed E-state index contributed by atoms with van der Waals surface area (Å²) < 4.78 is 7.83. The molecule has 1 amide bonds. The van der Waals surface area contributed by atoms with Gasteiger partial charge in [-0.3, -0.25) is 4.79 Å². The molecule has 5 nitrogen and oxygen atoms in total. The van der Waals surface area contributed by atoms with Crippen LogP contribution in [0, 0.1) is 0 Å². The first-order chi connectivity index (χ1) is 16.2. The summed E-state index contributed by atoms with van der Waals surface area (Å²) in [7, 11) is 0. The number of hydrogen-bond donors (Lipinski definition) is 0. The van der Waals surface area contributed by atoms with Crippen LogP contribution >= 0.6 is 38.6 Å². The molecule has 0 atom stereocenters. The average Bonchev–Trinajstić information content (AvgIpc) is 3.49. The maximum Gasteiger partial charge on any atom is 0.280 e. The van der Waals surface area contributed by atoms with Gasteiger partial charge < -0.3 is 4.74 Å². The minimum Gasteiger partial charge on any atom is -0.457 e. The summed E-state index contributed by atoms with van der Waals surface area (Å²) in [6.45, 7) is 0. The van der Waals surface area contributed by atoms with Crippen LogP contribution in [-0.4, -0.2) is 17.1 Å². The molecule has 0 N–H and O–H groups in total. The number of ether oxygens (including phenoxy) is 1. The van der Waals surface area contributed by atoms with Crippen molar-refractivity contribution in [3.63, 3.8) is 0 Å².